The first kappa shape index (κ1) is 16.3. The van der Waals surface area contributed by atoms with E-state index in [1.165, 1.54) is 0 Å². The van der Waals surface area contributed by atoms with E-state index in [4.69, 9.17) is 9.47 Å². The van der Waals surface area contributed by atoms with Gasteiger partial charge in [0.1, 0.15) is 29.6 Å². The monoisotopic (exact) mass is 348 g/mol. The van der Waals surface area contributed by atoms with Gasteiger partial charge in [-0.1, -0.05) is 18.2 Å². The van der Waals surface area contributed by atoms with Gasteiger partial charge < -0.3 is 19.7 Å². The number of methoxy groups -OCH3 is 1. The van der Waals surface area contributed by atoms with Crippen LogP contribution in [0.4, 0.5) is 0 Å². The number of benzene rings is 2. The van der Waals surface area contributed by atoms with Crippen molar-refractivity contribution < 1.29 is 19.7 Å². The van der Waals surface area contributed by atoms with Crippen LogP contribution in [0, 0.1) is 5.92 Å². The van der Waals surface area contributed by atoms with Crippen LogP contribution in [0.5, 0.6) is 17.2 Å². The summed E-state index contributed by atoms with van der Waals surface area (Å²) in [5.74, 6) is 2.09. The first-order valence-corrected chi connectivity index (χ1v) is 8.56. The molecule has 0 radical (unpaired) electrons. The summed E-state index contributed by atoms with van der Waals surface area (Å²) in [6.07, 6.45) is 6.30. The summed E-state index contributed by atoms with van der Waals surface area (Å²) in [5, 5.41) is 19.5. The van der Waals surface area contributed by atoms with Crippen molar-refractivity contribution in [1.82, 2.24) is 0 Å². The third kappa shape index (κ3) is 2.94. The number of aliphatic hydroxyl groups excluding tert-OH is 1. The lowest BCUT2D eigenvalue weighted by atomic mass is 9.82. The fraction of sp³-hybridized carbons (Fsp3) is 0.182. The van der Waals surface area contributed by atoms with Crippen LogP contribution in [0.2, 0.25) is 0 Å². The molecule has 0 aromatic heterocycles. The number of rotatable bonds is 3. The maximum Gasteiger partial charge on any atom is 0.131 e. The highest BCUT2D eigenvalue weighted by atomic mass is 16.5. The van der Waals surface area contributed by atoms with Gasteiger partial charge in [0.15, 0.2) is 0 Å². The Labute approximate surface area is 152 Å². The highest BCUT2D eigenvalue weighted by Crippen LogP contribution is 2.43. The van der Waals surface area contributed by atoms with Gasteiger partial charge in [-0.05, 0) is 59.5 Å². The molecule has 2 N–H and O–H groups in total. The summed E-state index contributed by atoms with van der Waals surface area (Å²) in [6.45, 7) is 0.437. The van der Waals surface area contributed by atoms with Crippen LogP contribution in [0.15, 0.2) is 72.0 Å². The second-order valence-electron chi connectivity index (χ2n) is 6.43. The molecule has 0 saturated carbocycles. The fourth-order valence-corrected chi connectivity index (χ4v) is 3.52. The Morgan fingerprint density at radius 1 is 1.12 bits per heavy atom. The van der Waals surface area contributed by atoms with Gasteiger partial charge in [0.2, 0.25) is 0 Å². The van der Waals surface area contributed by atoms with Crippen LogP contribution in [0.3, 0.4) is 0 Å². The van der Waals surface area contributed by atoms with Crippen LogP contribution in [-0.2, 0) is 0 Å². The van der Waals surface area contributed by atoms with E-state index >= 15 is 0 Å². The van der Waals surface area contributed by atoms with Gasteiger partial charge in [0.25, 0.3) is 0 Å². The highest BCUT2D eigenvalue weighted by molar-refractivity contribution is 5.87. The Morgan fingerprint density at radius 3 is 2.77 bits per heavy atom. The summed E-state index contributed by atoms with van der Waals surface area (Å²) in [5.41, 5.74) is 4.23. The van der Waals surface area contributed by atoms with E-state index in [-0.39, 0.29) is 11.7 Å². The lowest BCUT2D eigenvalue weighted by Crippen LogP contribution is -2.18. The van der Waals surface area contributed by atoms with Crippen LogP contribution < -0.4 is 9.47 Å². The van der Waals surface area contributed by atoms with E-state index in [9.17, 15) is 10.2 Å². The van der Waals surface area contributed by atoms with Gasteiger partial charge >= 0.3 is 0 Å². The van der Waals surface area contributed by atoms with Crippen molar-refractivity contribution in [3.8, 4) is 17.2 Å². The lowest BCUT2D eigenvalue weighted by molar-refractivity contribution is 0.330. The molecule has 0 bridgehead atoms. The van der Waals surface area contributed by atoms with Crippen LogP contribution in [-0.4, -0.2) is 23.9 Å². The number of aromatic hydroxyl groups is 1. The third-order valence-electron chi connectivity index (χ3n) is 4.83. The number of fused-ring (bicyclic) bond motifs is 1. The summed E-state index contributed by atoms with van der Waals surface area (Å²) in [4.78, 5) is 0. The minimum Gasteiger partial charge on any atom is -0.508 e. The van der Waals surface area contributed by atoms with E-state index in [0.29, 0.717) is 18.1 Å². The molecule has 4 heteroatoms. The SMILES string of the molecule is COc1cccc(C2=C(C3C=CC(O)=CC3)COc3cc(O)ccc32)c1. The molecule has 1 aliphatic carbocycles. The molecule has 2 aromatic rings. The van der Waals surface area contributed by atoms with Gasteiger partial charge in [0, 0.05) is 17.5 Å². The number of hydrogen-bond acceptors (Lipinski definition) is 4. The minimum atomic E-state index is 0.147. The van der Waals surface area contributed by atoms with Crippen molar-refractivity contribution in [1.29, 1.82) is 0 Å². The van der Waals surface area contributed by atoms with Gasteiger partial charge in [-0.25, -0.2) is 0 Å². The topological polar surface area (TPSA) is 58.9 Å². The van der Waals surface area contributed by atoms with Crippen molar-refractivity contribution in [3.63, 3.8) is 0 Å². The summed E-state index contributed by atoms with van der Waals surface area (Å²) < 4.78 is 11.3. The predicted molar refractivity (Wildman–Crippen MR) is 101 cm³/mol. The number of allylic oxidation sites excluding steroid dienone is 3. The Kier molecular flexibility index (Phi) is 4.17. The summed E-state index contributed by atoms with van der Waals surface area (Å²) in [7, 11) is 1.65. The molecule has 1 heterocycles. The van der Waals surface area contributed by atoms with Crippen molar-refractivity contribution in [2.75, 3.05) is 13.7 Å². The molecule has 2 aliphatic rings. The smallest absolute Gasteiger partial charge is 0.131 e. The second kappa shape index (κ2) is 6.64. The molecule has 0 amide bonds. The molecule has 2 aromatic carbocycles. The summed E-state index contributed by atoms with van der Waals surface area (Å²) in [6, 6.07) is 13.2. The Morgan fingerprint density at radius 2 is 2.00 bits per heavy atom. The molecule has 26 heavy (non-hydrogen) atoms. The lowest BCUT2D eigenvalue weighted by Gasteiger charge is -2.29. The van der Waals surface area contributed by atoms with Gasteiger partial charge in [0.05, 0.1) is 7.11 Å². The average Bonchev–Trinajstić information content (AvgIpc) is 2.67. The Hall–Kier alpha value is -3.14. The first-order valence-electron chi connectivity index (χ1n) is 8.56. The number of aliphatic hydroxyl groups is 1. The molecule has 4 rings (SSSR count). The van der Waals surface area contributed by atoms with Crippen LogP contribution >= 0.6 is 0 Å². The van der Waals surface area contributed by atoms with E-state index in [1.807, 2.05) is 36.4 Å². The zero-order valence-corrected chi connectivity index (χ0v) is 14.5. The fourth-order valence-electron chi connectivity index (χ4n) is 3.52. The molecule has 1 unspecified atom stereocenters. The first-order chi connectivity index (χ1) is 12.7. The Bertz CT molecular complexity index is 937. The molecular weight excluding hydrogens is 328 g/mol. The van der Waals surface area contributed by atoms with Crippen LogP contribution in [0.1, 0.15) is 17.5 Å². The minimum absolute atomic E-state index is 0.147. The maximum atomic E-state index is 9.81. The van der Waals surface area contributed by atoms with Gasteiger partial charge in [-0.2, -0.15) is 0 Å². The molecule has 0 saturated heterocycles. The molecule has 132 valence electrons. The van der Waals surface area contributed by atoms with Crippen molar-refractivity contribution in [2.45, 2.75) is 6.42 Å². The zero-order chi connectivity index (χ0) is 18.1. The quantitative estimate of drug-likeness (QED) is 0.850. The third-order valence-corrected chi connectivity index (χ3v) is 4.83. The molecular formula is C22H20O4. The average molecular weight is 348 g/mol. The summed E-state index contributed by atoms with van der Waals surface area (Å²) >= 11 is 0. The normalized spacial score (nSPS) is 18.8. The largest absolute Gasteiger partial charge is 0.508 e. The van der Waals surface area contributed by atoms with Gasteiger partial charge in [-0.3, -0.25) is 0 Å². The predicted octanol–water partition coefficient (Wildman–Crippen LogP) is 4.61. The zero-order valence-electron chi connectivity index (χ0n) is 14.5. The van der Waals surface area contributed by atoms with E-state index in [0.717, 1.165) is 34.4 Å². The number of ether oxygens (including phenoxy) is 2. The standard InChI is InChI=1S/C22H20O4/c1-25-18-4-2-3-15(11-18)22-19-10-9-17(24)12-21(19)26-13-20(22)14-5-7-16(23)8-6-14/h2-5,7-12,14,23-24H,6,13H2,1H3. The molecule has 0 spiro atoms. The Balaban J connectivity index is 1.89. The molecule has 4 nitrogen and oxygen atoms in total. The molecule has 1 aliphatic heterocycles. The number of phenolic OH excluding ortho intramolecular Hbond substituents is 1. The van der Waals surface area contributed by atoms with Crippen molar-refractivity contribution >= 4 is 5.57 Å². The highest BCUT2D eigenvalue weighted by Gasteiger charge is 2.27. The molecule has 1 atom stereocenters. The van der Waals surface area contributed by atoms with E-state index < -0.39 is 0 Å². The van der Waals surface area contributed by atoms with Gasteiger partial charge in [-0.15, -0.1) is 0 Å². The second-order valence-corrected chi connectivity index (χ2v) is 6.43. The van der Waals surface area contributed by atoms with Crippen LogP contribution in [0.25, 0.3) is 5.57 Å². The van der Waals surface area contributed by atoms with Crippen molar-refractivity contribution in [3.05, 3.63) is 83.2 Å². The van der Waals surface area contributed by atoms with E-state index in [1.54, 1.807) is 25.3 Å². The van der Waals surface area contributed by atoms with E-state index in [2.05, 4.69) is 6.07 Å². The number of phenols is 1. The molecule has 0 fully saturated rings. The maximum absolute atomic E-state index is 9.81. The number of hydrogen-bond donors (Lipinski definition) is 2. The van der Waals surface area contributed by atoms with Crippen molar-refractivity contribution in [2.24, 2.45) is 5.92 Å².